The van der Waals surface area contributed by atoms with Crippen molar-refractivity contribution < 1.29 is 42.3 Å². The smallest absolute Gasteiger partial charge is 0.463 e. The van der Waals surface area contributed by atoms with Crippen LogP contribution in [0.3, 0.4) is 0 Å². The standard InChI is InChI=1S/C36H56N5O9P/c1-27(28-14-16-29(17-15-28)39-40-30-18-20-31(21-19-30)41(8)9)37-23-24-47-51(44,45)48-26-32(49-35(2,3)4)25-46-33(42)13-11-10-12-22-38-34(43)50-36(5,6)7/h14-21,32,37H,1,10-13,22-26H2,2-9H3,(H,38,43)(H,44,45). The van der Waals surface area contributed by atoms with Gasteiger partial charge in [0.2, 0.25) is 0 Å². The van der Waals surface area contributed by atoms with Crippen molar-refractivity contribution in [3.63, 3.8) is 0 Å². The van der Waals surface area contributed by atoms with Crippen LogP contribution < -0.4 is 15.5 Å². The number of benzene rings is 2. The van der Waals surface area contributed by atoms with Crippen LogP contribution in [0.1, 0.15) is 72.8 Å². The molecule has 14 nitrogen and oxygen atoms in total. The number of hydrogen-bond donors (Lipinski definition) is 3. The van der Waals surface area contributed by atoms with E-state index in [2.05, 4.69) is 27.4 Å². The Bertz CT molecular complexity index is 1450. The lowest BCUT2D eigenvalue weighted by Gasteiger charge is -2.27. The molecule has 0 fully saturated rings. The predicted molar refractivity (Wildman–Crippen MR) is 198 cm³/mol. The van der Waals surface area contributed by atoms with E-state index in [1.165, 1.54) is 0 Å². The van der Waals surface area contributed by atoms with Gasteiger partial charge in [0.15, 0.2) is 0 Å². The lowest BCUT2D eigenvalue weighted by Crippen LogP contribution is -2.34. The van der Waals surface area contributed by atoms with Crippen molar-refractivity contribution in [2.24, 2.45) is 10.2 Å². The fourth-order valence-electron chi connectivity index (χ4n) is 4.29. The summed E-state index contributed by atoms with van der Waals surface area (Å²) < 4.78 is 39.3. The van der Waals surface area contributed by atoms with E-state index < -0.39 is 37.2 Å². The molecule has 2 aromatic rings. The Hall–Kier alpha value is -3.81. The Morgan fingerprint density at radius 1 is 0.843 bits per heavy atom. The van der Waals surface area contributed by atoms with E-state index in [0.717, 1.165) is 16.9 Å². The molecule has 0 spiro atoms. The van der Waals surface area contributed by atoms with Gasteiger partial charge in [-0.1, -0.05) is 25.1 Å². The number of azo groups is 1. The molecule has 0 bridgehead atoms. The van der Waals surface area contributed by atoms with Crippen LogP contribution in [0.15, 0.2) is 65.3 Å². The minimum atomic E-state index is -4.44. The van der Waals surface area contributed by atoms with E-state index >= 15 is 0 Å². The van der Waals surface area contributed by atoms with E-state index in [1.54, 1.807) is 20.8 Å². The monoisotopic (exact) mass is 733 g/mol. The number of carbonyl (C=O) groups excluding carboxylic acids is 2. The highest BCUT2D eigenvalue weighted by Crippen LogP contribution is 2.43. The van der Waals surface area contributed by atoms with Crippen LogP contribution in [0.2, 0.25) is 0 Å². The molecule has 51 heavy (non-hydrogen) atoms. The number of nitrogens with zero attached hydrogens (tertiary/aromatic N) is 3. The maximum absolute atomic E-state index is 12.6. The van der Waals surface area contributed by atoms with Gasteiger partial charge in [0.05, 0.1) is 30.2 Å². The lowest BCUT2D eigenvalue weighted by atomic mass is 10.1. The second kappa shape index (κ2) is 20.9. The molecule has 0 aliphatic rings. The highest BCUT2D eigenvalue weighted by atomic mass is 31.2. The summed E-state index contributed by atoms with van der Waals surface area (Å²) in [6, 6.07) is 15.1. The molecule has 0 aromatic heterocycles. The summed E-state index contributed by atoms with van der Waals surface area (Å²) in [5, 5.41) is 14.3. The normalized spacial score (nSPS) is 13.7. The number of unbranched alkanes of at least 4 members (excludes halogenated alkanes) is 2. The molecule has 1 amide bonds. The van der Waals surface area contributed by atoms with Crippen LogP contribution in [-0.4, -0.2) is 81.3 Å². The third-order valence-corrected chi connectivity index (χ3v) is 7.64. The summed E-state index contributed by atoms with van der Waals surface area (Å²) in [6.07, 6.45) is 0.851. The molecule has 2 rings (SSSR count). The number of phosphoric ester groups is 1. The van der Waals surface area contributed by atoms with Gasteiger partial charge < -0.3 is 34.6 Å². The lowest BCUT2D eigenvalue weighted by molar-refractivity contribution is -0.155. The highest BCUT2D eigenvalue weighted by molar-refractivity contribution is 7.47. The van der Waals surface area contributed by atoms with Gasteiger partial charge in [-0.15, -0.1) is 0 Å². The summed E-state index contributed by atoms with van der Waals surface area (Å²) in [5.74, 6) is -0.433. The maximum atomic E-state index is 12.6. The molecule has 2 unspecified atom stereocenters. The summed E-state index contributed by atoms with van der Waals surface area (Å²) in [6.45, 7) is 14.8. The topological polar surface area (TPSA) is 170 Å². The first-order valence-electron chi connectivity index (χ1n) is 17.0. The number of alkyl carbamates (subject to hydrolysis) is 1. The first-order valence-corrected chi connectivity index (χ1v) is 18.5. The van der Waals surface area contributed by atoms with E-state index in [-0.39, 0.29) is 32.8 Å². The molecule has 2 atom stereocenters. The van der Waals surface area contributed by atoms with E-state index in [1.807, 2.05) is 88.3 Å². The Kier molecular flexibility index (Phi) is 17.8. The predicted octanol–water partition coefficient (Wildman–Crippen LogP) is 7.67. The average molecular weight is 734 g/mol. The highest BCUT2D eigenvalue weighted by Gasteiger charge is 2.27. The Morgan fingerprint density at radius 3 is 2.02 bits per heavy atom. The maximum Gasteiger partial charge on any atom is 0.472 e. The number of ether oxygens (including phenoxy) is 3. The van der Waals surface area contributed by atoms with E-state index in [9.17, 15) is 19.0 Å². The fraction of sp³-hybridized carbons (Fsp3) is 0.556. The molecule has 0 saturated carbocycles. The van der Waals surface area contributed by atoms with Gasteiger partial charge in [-0.2, -0.15) is 10.2 Å². The summed E-state index contributed by atoms with van der Waals surface area (Å²) in [4.78, 5) is 36.3. The zero-order valence-electron chi connectivity index (χ0n) is 31.3. The van der Waals surface area contributed by atoms with Gasteiger partial charge in [0.1, 0.15) is 18.3 Å². The zero-order chi connectivity index (χ0) is 38.1. The van der Waals surface area contributed by atoms with Crippen molar-refractivity contribution in [1.82, 2.24) is 10.6 Å². The number of phosphoric acid groups is 1. The first-order chi connectivity index (χ1) is 23.8. The molecule has 0 radical (unpaired) electrons. The van der Waals surface area contributed by atoms with Gasteiger partial charge >= 0.3 is 19.9 Å². The molecule has 2 aromatic carbocycles. The Labute approximate surface area is 302 Å². The molecule has 15 heteroatoms. The average Bonchev–Trinajstić information content (AvgIpc) is 3.04. The van der Waals surface area contributed by atoms with Gasteiger partial charge in [0.25, 0.3) is 0 Å². The third kappa shape index (κ3) is 20.0. The van der Waals surface area contributed by atoms with Crippen LogP contribution in [0.4, 0.5) is 21.9 Å². The largest absolute Gasteiger partial charge is 0.472 e. The van der Waals surface area contributed by atoms with Crippen LogP contribution in [0.5, 0.6) is 0 Å². The Morgan fingerprint density at radius 2 is 1.45 bits per heavy atom. The van der Waals surface area contributed by atoms with Gasteiger partial charge in [-0.3, -0.25) is 13.8 Å². The Balaban J connectivity index is 1.70. The number of anilines is 1. The van der Waals surface area contributed by atoms with Crippen molar-refractivity contribution in [3.8, 4) is 0 Å². The van der Waals surface area contributed by atoms with Crippen molar-refractivity contribution >= 4 is 42.6 Å². The summed E-state index contributed by atoms with van der Waals surface area (Å²) >= 11 is 0. The minimum Gasteiger partial charge on any atom is -0.463 e. The molecule has 0 heterocycles. The minimum absolute atomic E-state index is 0.140. The van der Waals surface area contributed by atoms with E-state index in [4.69, 9.17) is 23.3 Å². The van der Waals surface area contributed by atoms with Gasteiger partial charge in [0, 0.05) is 45.0 Å². The van der Waals surface area contributed by atoms with Gasteiger partial charge in [-0.05, 0) is 96.3 Å². The molecule has 0 aliphatic carbocycles. The third-order valence-electron chi connectivity index (χ3n) is 6.66. The van der Waals surface area contributed by atoms with Crippen LogP contribution in [0.25, 0.3) is 5.70 Å². The van der Waals surface area contributed by atoms with Gasteiger partial charge in [-0.25, -0.2) is 9.36 Å². The van der Waals surface area contributed by atoms with Crippen molar-refractivity contribution in [3.05, 3.63) is 60.7 Å². The molecular weight excluding hydrogens is 677 g/mol. The molecule has 0 saturated heterocycles. The number of carbonyl (C=O) groups is 2. The van der Waals surface area contributed by atoms with Crippen molar-refractivity contribution in [2.75, 3.05) is 51.9 Å². The van der Waals surface area contributed by atoms with Crippen LogP contribution >= 0.6 is 7.82 Å². The SMILES string of the molecule is C=C(NCCOP(=O)(O)OCC(COC(=O)CCCCCNC(=O)OC(C)(C)C)OC(C)(C)C)c1ccc(N=Nc2ccc(N(C)C)cc2)cc1. The zero-order valence-corrected chi connectivity index (χ0v) is 32.2. The first kappa shape index (κ1) is 43.4. The molecular formula is C36H56N5O9P. The number of hydrogen-bond acceptors (Lipinski definition) is 12. The molecule has 3 N–H and O–H groups in total. The number of amides is 1. The second-order valence-corrected chi connectivity index (χ2v) is 15.4. The van der Waals surface area contributed by atoms with Crippen molar-refractivity contribution in [1.29, 1.82) is 0 Å². The van der Waals surface area contributed by atoms with Crippen LogP contribution in [0, 0.1) is 0 Å². The quantitative estimate of drug-likeness (QED) is 0.0498. The summed E-state index contributed by atoms with van der Waals surface area (Å²) in [5.41, 5.74) is 2.69. The van der Waals surface area contributed by atoms with E-state index in [0.29, 0.717) is 37.2 Å². The summed E-state index contributed by atoms with van der Waals surface area (Å²) in [7, 11) is -0.492. The fourth-order valence-corrected chi connectivity index (χ4v) is 5.04. The second-order valence-electron chi connectivity index (χ2n) is 13.9. The van der Waals surface area contributed by atoms with Crippen LogP contribution in [-0.2, 0) is 32.6 Å². The molecule has 0 aliphatic heterocycles. The number of rotatable bonds is 21. The number of nitrogens with one attached hydrogen (secondary N) is 2. The van der Waals surface area contributed by atoms with Crippen molar-refractivity contribution in [2.45, 2.75) is 84.5 Å². The number of esters is 1. The molecule has 284 valence electrons.